The molecule has 0 atom stereocenters. The lowest BCUT2D eigenvalue weighted by molar-refractivity contribution is 0.102. The number of benzene rings is 1. The number of carbonyl (C=O) groups is 1. The van der Waals surface area contributed by atoms with Crippen molar-refractivity contribution in [1.29, 1.82) is 0 Å². The third-order valence-corrected chi connectivity index (χ3v) is 3.78. The van der Waals surface area contributed by atoms with Crippen LogP contribution in [0, 0.1) is 6.92 Å². The Morgan fingerprint density at radius 2 is 2.00 bits per heavy atom. The molecule has 1 amide bonds. The minimum atomic E-state index is -0.481. The standard InChI is InChI=1S/C20H19N3O3/c1-14-11-18(24)17(13-21-14)20(25)23-16-7-8-19(22-12-16)26-10-9-15-5-3-2-4-6-15/h2-8,11-13H,9-10H2,1H3,(H,21,24)(H,23,25). The largest absolute Gasteiger partial charge is 0.477 e. The number of hydrogen-bond acceptors (Lipinski definition) is 4. The number of hydrogen-bond donors (Lipinski definition) is 2. The summed E-state index contributed by atoms with van der Waals surface area (Å²) in [5, 5.41) is 2.65. The first kappa shape index (κ1) is 17.4. The molecule has 0 radical (unpaired) electrons. The summed E-state index contributed by atoms with van der Waals surface area (Å²) >= 11 is 0. The van der Waals surface area contributed by atoms with Gasteiger partial charge in [-0.2, -0.15) is 0 Å². The fourth-order valence-electron chi connectivity index (χ4n) is 2.41. The Morgan fingerprint density at radius 1 is 1.19 bits per heavy atom. The van der Waals surface area contributed by atoms with Gasteiger partial charge in [-0.05, 0) is 18.6 Å². The molecule has 26 heavy (non-hydrogen) atoms. The van der Waals surface area contributed by atoms with Gasteiger partial charge < -0.3 is 15.0 Å². The zero-order valence-electron chi connectivity index (χ0n) is 14.4. The Hall–Kier alpha value is -3.41. The molecule has 2 aromatic heterocycles. The van der Waals surface area contributed by atoms with Crippen molar-refractivity contribution in [3.05, 3.63) is 88.0 Å². The van der Waals surface area contributed by atoms with Gasteiger partial charge in [-0.1, -0.05) is 30.3 Å². The predicted molar refractivity (Wildman–Crippen MR) is 99.6 cm³/mol. The number of aryl methyl sites for hydroxylation is 1. The highest BCUT2D eigenvalue weighted by Gasteiger charge is 2.10. The number of ether oxygens (including phenoxy) is 1. The highest BCUT2D eigenvalue weighted by molar-refractivity contribution is 6.03. The minimum Gasteiger partial charge on any atom is -0.477 e. The number of amides is 1. The normalized spacial score (nSPS) is 10.3. The van der Waals surface area contributed by atoms with Crippen LogP contribution in [0.5, 0.6) is 5.88 Å². The fourth-order valence-corrected chi connectivity index (χ4v) is 2.41. The van der Waals surface area contributed by atoms with Crippen LogP contribution in [-0.2, 0) is 6.42 Å². The number of anilines is 1. The average Bonchev–Trinajstić information content (AvgIpc) is 2.64. The van der Waals surface area contributed by atoms with E-state index in [1.165, 1.54) is 24.0 Å². The Balaban J connectivity index is 1.55. The zero-order valence-corrected chi connectivity index (χ0v) is 14.4. The van der Waals surface area contributed by atoms with Crippen LogP contribution in [0.3, 0.4) is 0 Å². The van der Waals surface area contributed by atoms with Crippen molar-refractivity contribution in [3.8, 4) is 5.88 Å². The first-order valence-electron chi connectivity index (χ1n) is 8.25. The molecule has 0 aliphatic carbocycles. The van der Waals surface area contributed by atoms with Crippen LogP contribution in [0.1, 0.15) is 21.6 Å². The second-order valence-corrected chi connectivity index (χ2v) is 5.82. The lowest BCUT2D eigenvalue weighted by Gasteiger charge is -2.07. The molecule has 3 aromatic rings. The van der Waals surface area contributed by atoms with Crippen LogP contribution < -0.4 is 15.5 Å². The number of nitrogens with one attached hydrogen (secondary N) is 2. The van der Waals surface area contributed by atoms with Crippen LogP contribution >= 0.6 is 0 Å². The molecule has 6 heteroatoms. The van der Waals surface area contributed by atoms with E-state index in [0.29, 0.717) is 23.9 Å². The van der Waals surface area contributed by atoms with Crippen LogP contribution in [0.2, 0.25) is 0 Å². The molecule has 0 spiro atoms. The van der Waals surface area contributed by atoms with Crippen LogP contribution in [0.4, 0.5) is 5.69 Å². The number of aromatic amines is 1. The van der Waals surface area contributed by atoms with Crippen molar-refractivity contribution < 1.29 is 9.53 Å². The highest BCUT2D eigenvalue weighted by atomic mass is 16.5. The van der Waals surface area contributed by atoms with Crippen LogP contribution in [-0.4, -0.2) is 22.5 Å². The maximum Gasteiger partial charge on any atom is 0.261 e. The van der Waals surface area contributed by atoms with Gasteiger partial charge in [0, 0.05) is 30.4 Å². The summed E-state index contributed by atoms with van der Waals surface area (Å²) < 4.78 is 5.61. The summed E-state index contributed by atoms with van der Waals surface area (Å²) in [6, 6.07) is 14.8. The van der Waals surface area contributed by atoms with Gasteiger partial charge in [0.1, 0.15) is 5.56 Å². The van der Waals surface area contributed by atoms with E-state index in [2.05, 4.69) is 15.3 Å². The molecule has 2 N–H and O–H groups in total. The Kier molecular flexibility index (Phi) is 5.43. The predicted octanol–water partition coefficient (Wildman–Crippen LogP) is 2.95. The van der Waals surface area contributed by atoms with E-state index in [-0.39, 0.29) is 11.0 Å². The van der Waals surface area contributed by atoms with Crippen molar-refractivity contribution in [2.24, 2.45) is 0 Å². The van der Waals surface area contributed by atoms with E-state index in [0.717, 1.165) is 6.42 Å². The third-order valence-electron chi connectivity index (χ3n) is 3.78. The number of carbonyl (C=O) groups excluding carboxylic acids is 1. The molecular weight excluding hydrogens is 330 g/mol. The van der Waals surface area contributed by atoms with Gasteiger partial charge in [0.15, 0.2) is 5.43 Å². The number of pyridine rings is 2. The molecule has 0 fully saturated rings. The molecule has 132 valence electrons. The van der Waals surface area contributed by atoms with E-state index in [1.54, 1.807) is 19.1 Å². The Labute approximate surface area is 150 Å². The average molecular weight is 349 g/mol. The molecule has 0 aliphatic heterocycles. The molecule has 0 unspecified atom stereocenters. The summed E-state index contributed by atoms with van der Waals surface area (Å²) in [4.78, 5) is 31.0. The van der Waals surface area contributed by atoms with E-state index in [1.807, 2.05) is 30.3 Å². The first-order valence-corrected chi connectivity index (χ1v) is 8.25. The Morgan fingerprint density at radius 3 is 2.69 bits per heavy atom. The topological polar surface area (TPSA) is 84.1 Å². The first-order chi connectivity index (χ1) is 12.6. The molecular formula is C20H19N3O3. The molecule has 0 saturated carbocycles. The fraction of sp³-hybridized carbons (Fsp3) is 0.150. The smallest absolute Gasteiger partial charge is 0.261 e. The van der Waals surface area contributed by atoms with E-state index < -0.39 is 5.91 Å². The lowest BCUT2D eigenvalue weighted by Crippen LogP contribution is -2.21. The molecule has 1 aromatic carbocycles. The van der Waals surface area contributed by atoms with Crippen molar-refractivity contribution in [2.45, 2.75) is 13.3 Å². The van der Waals surface area contributed by atoms with Gasteiger partial charge in [-0.15, -0.1) is 0 Å². The highest BCUT2D eigenvalue weighted by Crippen LogP contribution is 2.13. The molecule has 2 heterocycles. The summed E-state index contributed by atoms with van der Waals surface area (Å²) in [6.07, 6.45) is 3.69. The van der Waals surface area contributed by atoms with Gasteiger partial charge in [0.2, 0.25) is 5.88 Å². The van der Waals surface area contributed by atoms with Crippen LogP contribution in [0.25, 0.3) is 0 Å². The maximum absolute atomic E-state index is 12.2. The van der Waals surface area contributed by atoms with E-state index >= 15 is 0 Å². The number of rotatable bonds is 6. The summed E-state index contributed by atoms with van der Waals surface area (Å²) in [5.41, 5.74) is 2.11. The van der Waals surface area contributed by atoms with E-state index in [4.69, 9.17) is 4.74 Å². The van der Waals surface area contributed by atoms with Gasteiger partial charge in [-0.25, -0.2) is 4.98 Å². The maximum atomic E-state index is 12.2. The van der Waals surface area contributed by atoms with Crippen LogP contribution in [0.15, 0.2) is 65.7 Å². The second-order valence-electron chi connectivity index (χ2n) is 5.82. The van der Waals surface area contributed by atoms with Crippen molar-refractivity contribution >= 4 is 11.6 Å². The quantitative estimate of drug-likeness (QED) is 0.717. The van der Waals surface area contributed by atoms with E-state index in [9.17, 15) is 9.59 Å². The SMILES string of the molecule is Cc1cc(=O)c(C(=O)Nc2ccc(OCCc3ccccc3)nc2)c[nH]1. The molecule has 0 saturated heterocycles. The van der Waals surface area contributed by atoms with Gasteiger partial charge in [0.05, 0.1) is 18.5 Å². The van der Waals surface area contributed by atoms with Crippen molar-refractivity contribution in [2.75, 3.05) is 11.9 Å². The lowest BCUT2D eigenvalue weighted by atomic mass is 10.2. The van der Waals surface area contributed by atoms with Crippen molar-refractivity contribution in [1.82, 2.24) is 9.97 Å². The Bertz CT molecular complexity index is 935. The molecule has 0 aliphatic rings. The molecule has 6 nitrogen and oxygen atoms in total. The zero-order chi connectivity index (χ0) is 18.4. The number of H-pyrrole nitrogens is 1. The van der Waals surface area contributed by atoms with Gasteiger partial charge >= 0.3 is 0 Å². The summed E-state index contributed by atoms with van der Waals surface area (Å²) in [6.45, 7) is 2.27. The van der Waals surface area contributed by atoms with Gasteiger partial charge in [0.25, 0.3) is 5.91 Å². The van der Waals surface area contributed by atoms with Crippen molar-refractivity contribution in [3.63, 3.8) is 0 Å². The second kappa shape index (κ2) is 8.11. The van der Waals surface area contributed by atoms with Gasteiger partial charge in [-0.3, -0.25) is 9.59 Å². The molecule has 3 rings (SSSR count). The number of nitrogens with zero attached hydrogens (tertiary/aromatic N) is 1. The summed E-state index contributed by atoms with van der Waals surface area (Å²) in [5.74, 6) is -0.00194. The monoisotopic (exact) mass is 349 g/mol. The minimum absolute atomic E-state index is 0.0544. The third kappa shape index (κ3) is 4.57. The number of aromatic nitrogens is 2. The molecule has 0 bridgehead atoms. The summed E-state index contributed by atoms with van der Waals surface area (Å²) in [7, 11) is 0.